The van der Waals surface area contributed by atoms with E-state index < -0.39 is 0 Å². The Hall–Kier alpha value is -2.20. The van der Waals surface area contributed by atoms with Crippen molar-refractivity contribution in [2.24, 2.45) is 12.8 Å². The van der Waals surface area contributed by atoms with E-state index in [0.717, 1.165) is 33.7 Å². The van der Waals surface area contributed by atoms with Crippen LogP contribution < -0.4 is 5.73 Å². The van der Waals surface area contributed by atoms with E-state index in [1.807, 2.05) is 36.9 Å². The van der Waals surface area contributed by atoms with E-state index in [-0.39, 0.29) is 0 Å². The summed E-state index contributed by atoms with van der Waals surface area (Å²) in [5.41, 5.74) is 11.2. The number of rotatable bonds is 2. The van der Waals surface area contributed by atoms with Crippen LogP contribution in [0.2, 0.25) is 0 Å². The first kappa shape index (κ1) is 12.8. The average Bonchev–Trinajstić information content (AvgIpc) is 2.75. The van der Waals surface area contributed by atoms with Crippen molar-refractivity contribution in [3.63, 3.8) is 0 Å². The van der Waals surface area contributed by atoms with Gasteiger partial charge < -0.3 is 10.3 Å². The Morgan fingerprint density at radius 3 is 2.60 bits per heavy atom. The van der Waals surface area contributed by atoms with Crippen molar-refractivity contribution in [3.8, 4) is 11.3 Å². The maximum atomic E-state index is 5.88. The minimum atomic E-state index is 0.489. The number of benzene rings is 1. The van der Waals surface area contributed by atoms with Crippen LogP contribution in [0.1, 0.15) is 17.0 Å². The predicted octanol–water partition coefficient (Wildman–Crippen LogP) is 2.71. The first-order valence-electron chi connectivity index (χ1n) is 6.70. The van der Waals surface area contributed by atoms with Gasteiger partial charge >= 0.3 is 0 Å². The summed E-state index contributed by atoms with van der Waals surface area (Å²) in [5.74, 6) is 0.778. The van der Waals surface area contributed by atoms with E-state index >= 15 is 0 Å². The maximum absolute atomic E-state index is 5.88. The molecular formula is C16H18N4. The Morgan fingerprint density at radius 1 is 1.15 bits per heavy atom. The molecule has 4 nitrogen and oxygen atoms in total. The molecule has 4 heteroatoms. The van der Waals surface area contributed by atoms with Crippen LogP contribution in [0.4, 0.5) is 0 Å². The van der Waals surface area contributed by atoms with Crippen molar-refractivity contribution in [2.75, 3.05) is 0 Å². The van der Waals surface area contributed by atoms with Crippen molar-refractivity contribution in [2.45, 2.75) is 20.4 Å². The van der Waals surface area contributed by atoms with Crippen molar-refractivity contribution < 1.29 is 0 Å². The van der Waals surface area contributed by atoms with Gasteiger partial charge in [0.1, 0.15) is 11.5 Å². The highest BCUT2D eigenvalue weighted by Gasteiger charge is 2.16. The summed E-state index contributed by atoms with van der Waals surface area (Å²) in [5, 5.41) is 1.06. The third kappa shape index (κ3) is 1.89. The van der Waals surface area contributed by atoms with Gasteiger partial charge in [0.25, 0.3) is 0 Å². The molecule has 0 spiro atoms. The molecule has 20 heavy (non-hydrogen) atoms. The van der Waals surface area contributed by atoms with Gasteiger partial charge in [0.05, 0.1) is 5.69 Å². The van der Waals surface area contributed by atoms with E-state index in [9.17, 15) is 0 Å². The molecule has 2 N–H and O–H groups in total. The third-order valence-corrected chi connectivity index (χ3v) is 3.63. The number of fused-ring (bicyclic) bond motifs is 1. The highest BCUT2D eigenvalue weighted by Crippen LogP contribution is 2.31. The van der Waals surface area contributed by atoms with E-state index in [1.54, 1.807) is 0 Å². The van der Waals surface area contributed by atoms with Gasteiger partial charge in [-0.1, -0.05) is 24.3 Å². The fraction of sp³-hybridized carbons (Fsp3) is 0.250. The Balaban J connectivity index is 2.43. The molecule has 0 bridgehead atoms. The molecule has 0 aliphatic rings. The van der Waals surface area contributed by atoms with E-state index in [4.69, 9.17) is 5.73 Å². The van der Waals surface area contributed by atoms with Crippen LogP contribution in [0.3, 0.4) is 0 Å². The second kappa shape index (κ2) is 4.72. The summed E-state index contributed by atoms with van der Waals surface area (Å²) >= 11 is 0. The molecule has 0 unspecified atom stereocenters. The van der Waals surface area contributed by atoms with E-state index in [0.29, 0.717) is 6.54 Å². The minimum absolute atomic E-state index is 0.489. The largest absolute Gasteiger partial charge is 0.335 e. The number of hydrogen-bond acceptors (Lipinski definition) is 3. The molecule has 2 heterocycles. The minimum Gasteiger partial charge on any atom is -0.335 e. The van der Waals surface area contributed by atoms with Crippen molar-refractivity contribution in [3.05, 3.63) is 47.4 Å². The summed E-state index contributed by atoms with van der Waals surface area (Å²) in [4.78, 5) is 9.23. The zero-order chi connectivity index (χ0) is 14.3. The quantitative estimate of drug-likeness (QED) is 0.776. The van der Waals surface area contributed by atoms with Gasteiger partial charge in [-0.3, -0.25) is 0 Å². The summed E-state index contributed by atoms with van der Waals surface area (Å²) in [6.45, 7) is 4.52. The van der Waals surface area contributed by atoms with Gasteiger partial charge in [-0.25, -0.2) is 9.97 Å². The molecule has 3 rings (SSSR count). The first-order chi connectivity index (χ1) is 9.61. The zero-order valence-corrected chi connectivity index (χ0v) is 12.0. The predicted molar refractivity (Wildman–Crippen MR) is 81.3 cm³/mol. The monoisotopic (exact) mass is 266 g/mol. The molecule has 0 amide bonds. The van der Waals surface area contributed by atoms with Crippen LogP contribution in [0.15, 0.2) is 30.5 Å². The second-order valence-corrected chi connectivity index (χ2v) is 5.10. The molecule has 2 aromatic heterocycles. The number of aromatic nitrogens is 3. The molecule has 0 saturated carbocycles. The van der Waals surface area contributed by atoms with E-state index in [2.05, 4.69) is 29.0 Å². The molecule has 102 valence electrons. The molecule has 0 radical (unpaired) electrons. The third-order valence-electron chi connectivity index (χ3n) is 3.63. The van der Waals surface area contributed by atoms with Crippen LogP contribution in [0.25, 0.3) is 22.3 Å². The van der Waals surface area contributed by atoms with Crippen molar-refractivity contribution in [1.29, 1.82) is 0 Å². The molecule has 0 aliphatic carbocycles. The lowest BCUT2D eigenvalue weighted by Gasteiger charge is -2.09. The zero-order valence-electron chi connectivity index (χ0n) is 12.0. The molecule has 0 fully saturated rings. The fourth-order valence-corrected chi connectivity index (χ4v) is 2.66. The Bertz CT molecular complexity index is 787. The lowest BCUT2D eigenvalue weighted by Crippen LogP contribution is -1.99. The van der Waals surface area contributed by atoms with Crippen LogP contribution in [0.5, 0.6) is 0 Å². The fourth-order valence-electron chi connectivity index (χ4n) is 2.66. The second-order valence-electron chi connectivity index (χ2n) is 5.10. The Morgan fingerprint density at radius 2 is 1.90 bits per heavy atom. The molecule has 0 saturated heterocycles. The lowest BCUT2D eigenvalue weighted by atomic mass is 10.0. The first-order valence-corrected chi connectivity index (χ1v) is 6.70. The molecule has 0 atom stereocenters. The number of nitrogens with zero attached hydrogens (tertiary/aromatic N) is 3. The SMILES string of the molecule is Cc1nc(-c2ccccc2C)c2c(CN)cn(C)c2n1. The summed E-state index contributed by atoms with van der Waals surface area (Å²) in [7, 11) is 2.00. The van der Waals surface area contributed by atoms with Crippen LogP contribution in [-0.2, 0) is 13.6 Å². The number of aryl methyl sites for hydroxylation is 3. The van der Waals surface area contributed by atoms with Crippen molar-refractivity contribution in [1.82, 2.24) is 14.5 Å². The normalized spacial score (nSPS) is 11.2. The summed E-state index contributed by atoms with van der Waals surface area (Å²) < 4.78 is 2.02. The summed E-state index contributed by atoms with van der Waals surface area (Å²) in [6, 6.07) is 8.28. The van der Waals surface area contributed by atoms with Crippen LogP contribution in [0, 0.1) is 13.8 Å². The molecule has 1 aromatic carbocycles. The highest BCUT2D eigenvalue weighted by atomic mass is 15.0. The van der Waals surface area contributed by atoms with Gasteiger partial charge in [-0.05, 0) is 25.0 Å². The van der Waals surface area contributed by atoms with Gasteiger partial charge in [0.15, 0.2) is 0 Å². The standard InChI is InChI=1S/C16H18N4/c1-10-6-4-5-7-13(10)15-14-12(8-17)9-20(3)16(14)19-11(2)18-15/h4-7,9H,8,17H2,1-3H3. The van der Waals surface area contributed by atoms with Gasteiger partial charge in [-0.15, -0.1) is 0 Å². The Labute approximate surface area is 118 Å². The van der Waals surface area contributed by atoms with Crippen molar-refractivity contribution >= 4 is 11.0 Å². The highest BCUT2D eigenvalue weighted by molar-refractivity contribution is 5.94. The van der Waals surface area contributed by atoms with Gasteiger partial charge in [0, 0.05) is 30.7 Å². The molecule has 3 aromatic rings. The molecule has 0 aliphatic heterocycles. The van der Waals surface area contributed by atoms with Gasteiger partial charge in [0.2, 0.25) is 0 Å². The number of hydrogen-bond donors (Lipinski definition) is 1. The lowest BCUT2D eigenvalue weighted by molar-refractivity contribution is 0.922. The maximum Gasteiger partial charge on any atom is 0.144 e. The Kier molecular flexibility index (Phi) is 3.03. The number of nitrogens with two attached hydrogens (primary N) is 1. The van der Waals surface area contributed by atoms with Crippen LogP contribution >= 0.6 is 0 Å². The molecular weight excluding hydrogens is 248 g/mol. The van der Waals surface area contributed by atoms with Gasteiger partial charge in [-0.2, -0.15) is 0 Å². The van der Waals surface area contributed by atoms with Crippen LogP contribution in [-0.4, -0.2) is 14.5 Å². The topological polar surface area (TPSA) is 56.7 Å². The van der Waals surface area contributed by atoms with E-state index in [1.165, 1.54) is 5.56 Å². The average molecular weight is 266 g/mol. The summed E-state index contributed by atoms with van der Waals surface area (Å²) in [6.07, 6.45) is 2.04. The smallest absolute Gasteiger partial charge is 0.144 e.